The Hall–Kier alpha value is -1.35. The Morgan fingerprint density at radius 2 is 1.64 bits per heavy atom. The molecule has 33 heavy (non-hydrogen) atoms. The van der Waals surface area contributed by atoms with Crippen LogP contribution >= 0.6 is 0 Å². The summed E-state index contributed by atoms with van der Waals surface area (Å²) in [6.07, 6.45) is 12.2. The SMILES string of the molecule is C[C@@H]([C@H]1CC[C@H]2[C@@H]3CC[C@H]4C[C@H](NC(=O)c5ccccc5)CC[C@]4(C)[C@H]3CC[C@]12C)N(C)C. The van der Waals surface area contributed by atoms with E-state index in [1.165, 1.54) is 51.4 Å². The van der Waals surface area contributed by atoms with Gasteiger partial charge in [-0.2, -0.15) is 0 Å². The number of carbonyl (C=O) groups is 1. The molecule has 0 spiro atoms. The Labute approximate surface area is 202 Å². The van der Waals surface area contributed by atoms with Crippen molar-refractivity contribution in [2.75, 3.05) is 14.1 Å². The summed E-state index contributed by atoms with van der Waals surface area (Å²) in [6, 6.07) is 10.8. The van der Waals surface area contributed by atoms with Gasteiger partial charge in [0.05, 0.1) is 0 Å². The van der Waals surface area contributed by atoms with Crippen molar-refractivity contribution >= 4 is 5.91 Å². The molecule has 1 amide bonds. The maximum atomic E-state index is 12.8. The summed E-state index contributed by atoms with van der Waals surface area (Å²) in [5, 5.41) is 3.39. The second-order valence-corrected chi connectivity index (χ2v) is 12.9. The number of rotatable bonds is 4. The molecule has 4 aliphatic carbocycles. The van der Waals surface area contributed by atoms with Crippen LogP contribution < -0.4 is 5.32 Å². The zero-order valence-electron chi connectivity index (χ0n) is 21.6. The van der Waals surface area contributed by atoms with Gasteiger partial charge in [-0.05, 0) is 131 Å². The molecule has 4 saturated carbocycles. The lowest BCUT2D eigenvalue weighted by Crippen LogP contribution is -2.56. The Bertz CT molecular complexity index is 852. The zero-order valence-corrected chi connectivity index (χ0v) is 21.6. The number of nitrogens with zero attached hydrogens (tertiary/aromatic N) is 1. The fourth-order valence-corrected chi connectivity index (χ4v) is 9.44. The van der Waals surface area contributed by atoms with Gasteiger partial charge in [-0.1, -0.05) is 32.0 Å². The van der Waals surface area contributed by atoms with Gasteiger partial charge in [0.15, 0.2) is 0 Å². The molecule has 4 aliphatic rings. The fourth-order valence-electron chi connectivity index (χ4n) is 9.44. The van der Waals surface area contributed by atoms with Gasteiger partial charge in [0.25, 0.3) is 5.91 Å². The smallest absolute Gasteiger partial charge is 0.251 e. The van der Waals surface area contributed by atoms with E-state index in [1.54, 1.807) is 0 Å². The van der Waals surface area contributed by atoms with Crippen molar-refractivity contribution in [2.24, 2.45) is 40.4 Å². The molecule has 1 aromatic rings. The van der Waals surface area contributed by atoms with Crippen molar-refractivity contribution < 1.29 is 4.79 Å². The van der Waals surface area contributed by atoms with Crippen molar-refractivity contribution in [2.45, 2.75) is 90.6 Å². The highest BCUT2D eigenvalue weighted by atomic mass is 16.1. The number of hydrogen-bond acceptors (Lipinski definition) is 2. The van der Waals surface area contributed by atoms with Crippen LogP contribution in [0.4, 0.5) is 0 Å². The number of carbonyl (C=O) groups excluding carboxylic acids is 1. The topological polar surface area (TPSA) is 32.3 Å². The molecule has 1 N–H and O–H groups in total. The van der Waals surface area contributed by atoms with E-state index in [-0.39, 0.29) is 5.91 Å². The van der Waals surface area contributed by atoms with E-state index in [9.17, 15) is 4.79 Å². The van der Waals surface area contributed by atoms with Gasteiger partial charge in [-0.25, -0.2) is 0 Å². The molecule has 9 atom stereocenters. The maximum absolute atomic E-state index is 12.8. The second kappa shape index (κ2) is 8.70. The minimum Gasteiger partial charge on any atom is -0.349 e. The summed E-state index contributed by atoms with van der Waals surface area (Å²) >= 11 is 0. The first-order valence-corrected chi connectivity index (χ1v) is 13.8. The third-order valence-corrected chi connectivity index (χ3v) is 11.5. The van der Waals surface area contributed by atoms with Crippen molar-refractivity contribution in [1.82, 2.24) is 10.2 Å². The highest BCUT2D eigenvalue weighted by molar-refractivity contribution is 5.94. The fraction of sp³-hybridized carbons (Fsp3) is 0.767. The lowest BCUT2D eigenvalue weighted by molar-refractivity contribution is -0.117. The first kappa shape index (κ1) is 23.4. The molecule has 0 heterocycles. The van der Waals surface area contributed by atoms with Gasteiger partial charge in [-0.15, -0.1) is 0 Å². The Morgan fingerprint density at radius 1 is 0.939 bits per heavy atom. The van der Waals surface area contributed by atoms with Crippen LogP contribution in [0.3, 0.4) is 0 Å². The molecule has 182 valence electrons. The van der Waals surface area contributed by atoms with Gasteiger partial charge < -0.3 is 10.2 Å². The van der Waals surface area contributed by atoms with Crippen molar-refractivity contribution in [1.29, 1.82) is 0 Å². The molecule has 0 unspecified atom stereocenters. The van der Waals surface area contributed by atoms with E-state index in [4.69, 9.17) is 0 Å². The first-order chi connectivity index (χ1) is 15.7. The molecule has 4 fully saturated rings. The zero-order chi connectivity index (χ0) is 23.4. The van der Waals surface area contributed by atoms with E-state index in [0.717, 1.165) is 41.6 Å². The maximum Gasteiger partial charge on any atom is 0.251 e. The summed E-state index contributed by atoms with van der Waals surface area (Å²) in [4.78, 5) is 15.2. The summed E-state index contributed by atoms with van der Waals surface area (Å²) < 4.78 is 0. The number of hydrogen-bond donors (Lipinski definition) is 1. The monoisotopic (exact) mass is 450 g/mol. The van der Waals surface area contributed by atoms with Gasteiger partial charge in [-0.3, -0.25) is 4.79 Å². The van der Waals surface area contributed by atoms with Crippen LogP contribution in [0.2, 0.25) is 0 Å². The average Bonchev–Trinajstić information content (AvgIpc) is 3.16. The molecular formula is C30H46N2O. The van der Waals surface area contributed by atoms with E-state index >= 15 is 0 Å². The van der Waals surface area contributed by atoms with Crippen molar-refractivity contribution in [3.63, 3.8) is 0 Å². The van der Waals surface area contributed by atoms with E-state index < -0.39 is 0 Å². The van der Waals surface area contributed by atoms with Gasteiger partial charge >= 0.3 is 0 Å². The van der Waals surface area contributed by atoms with Gasteiger partial charge in [0, 0.05) is 17.6 Å². The first-order valence-electron chi connectivity index (χ1n) is 13.8. The minimum absolute atomic E-state index is 0.110. The molecular weight excluding hydrogens is 404 g/mol. The highest BCUT2D eigenvalue weighted by Crippen LogP contribution is 2.67. The van der Waals surface area contributed by atoms with Crippen LogP contribution in [0.5, 0.6) is 0 Å². The summed E-state index contributed by atoms with van der Waals surface area (Å²) in [5.74, 6) is 4.49. The van der Waals surface area contributed by atoms with Crippen LogP contribution in [0, 0.1) is 40.4 Å². The molecule has 1 aromatic carbocycles. The van der Waals surface area contributed by atoms with Crippen LogP contribution in [-0.4, -0.2) is 37.0 Å². The van der Waals surface area contributed by atoms with E-state index in [0.29, 0.717) is 22.9 Å². The highest BCUT2D eigenvalue weighted by Gasteiger charge is 2.60. The quantitative estimate of drug-likeness (QED) is 0.576. The van der Waals surface area contributed by atoms with Gasteiger partial charge in [0.2, 0.25) is 0 Å². The summed E-state index contributed by atoms with van der Waals surface area (Å²) in [7, 11) is 4.54. The average molecular weight is 451 g/mol. The molecule has 0 aliphatic heterocycles. The Kier molecular flexibility index (Phi) is 6.17. The third kappa shape index (κ3) is 3.87. The second-order valence-electron chi connectivity index (χ2n) is 12.9. The number of fused-ring (bicyclic) bond motifs is 5. The van der Waals surface area contributed by atoms with Crippen LogP contribution in [0.25, 0.3) is 0 Å². The number of benzene rings is 1. The molecule has 3 heteroatoms. The summed E-state index contributed by atoms with van der Waals surface area (Å²) in [6.45, 7) is 7.77. The lowest BCUT2D eigenvalue weighted by Gasteiger charge is -2.61. The molecule has 0 saturated heterocycles. The van der Waals surface area contributed by atoms with E-state index in [2.05, 4.69) is 45.1 Å². The Balaban J connectivity index is 1.27. The molecule has 0 aromatic heterocycles. The predicted molar refractivity (Wildman–Crippen MR) is 136 cm³/mol. The third-order valence-electron chi connectivity index (χ3n) is 11.5. The molecule has 0 radical (unpaired) electrons. The molecule has 3 nitrogen and oxygen atoms in total. The molecule has 5 rings (SSSR count). The van der Waals surface area contributed by atoms with Crippen LogP contribution in [-0.2, 0) is 0 Å². The van der Waals surface area contributed by atoms with Crippen molar-refractivity contribution in [3.05, 3.63) is 35.9 Å². The largest absolute Gasteiger partial charge is 0.349 e. The minimum atomic E-state index is 0.110. The van der Waals surface area contributed by atoms with Crippen molar-refractivity contribution in [3.8, 4) is 0 Å². The van der Waals surface area contributed by atoms with E-state index in [1.807, 2.05) is 30.3 Å². The van der Waals surface area contributed by atoms with Crippen LogP contribution in [0.15, 0.2) is 30.3 Å². The Morgan fingerprint density at radius 3 is 2.36 bits per heavy atom. The standard InChI is InChI=1S/C30H46N2O/c1-20(32(4)5)25-13-14-26-24-12-11-22-19-23(31-28(33)21-9-7-6-8-10-21)15-17-29(22,2)27(24)16-18-30(25,26)3/h6-10,20,22-27H,11-19H2,1-5H3,(H,31,33)/t20-,22-,23+,24-,25+,26-,27-,29-,30+/m0/s1. The number of nitrogens with one attached hydrogen (secondary N) is 1. The predicted octanol–water partition coefficient (Wildman–Crippen LogP) is 6.39. The number of amides is 1. The van der Waals surface area contributed by atoms with Gasteiger partial charge in [0.1, 0.15) is 0 Å². The van der Waals surface area contributed by atoms with Crippen LogP contribution in [0.1, 0.15) is 88.9 Å². The normalized spacial score (nSPS) is 43.3. The molecule has 0 bridgehead atoms. The lowest BCUT2D eigenvalue weighted by atomic mass is 9.44. The summed E-state index contributed by atoms with van der Waals surface area (Å²) in [5.41, 5.74) is 1.81.